The molecule has 20 heavy (non-hydrogen) atoms. The molecule has 0 aromatic rings. The van der Waals surface area contributed by atoms with Crippen molar-refractivity contribution in [2.75, 3.05) is 0 Å². The third kappa shape index (κ3) is 12.5. The lowest BCUT2D eigenvalue weighted by Crippen LogP contribution is -1.83. The fourth-order valence-electron chi connectivity index (χ4n) is 3.00. The molecule has 0 aromatic carbocycles. The van der Waals surface area contributed by atoms with Crippen molar-refractivity contribution >= 4 is 0 Å². The van der Waals surface area contributed by atoms with Crippen molar-refractivity contribution in [2.24, 2.45) is 0 Å². The molecule has 0 spiro atoms. The molecule has 0 atom stereocenters. The average Bonchev–Trinajstić information content (AvgIpc) is 2.46. The van der Waals surface area contributed by atoms with Crippen LogP contribution in [0.1, 0.15) is 103 Å². The predicted molar refractivity (Wildman–Crippen MR) is 92.2 cm³/mol. The number of hydrogen-bond acceptors (Lipinski definition) is 0. The second-order valence-electron chi connectivity index (χ2n) is 6.38. The fourth-order valence-corrected chi connectivity index (χ4v) is 3.00. The van der Waals surface area contributed by atoms with Gasteiger partial charge in [0.05, 0.1) is 0 Å². The van der Waals surface area contributed by atoms with Crippen LogP contribution in [0.4, 0.5) is 0 Å². The van der Waals surface area contributed by atoms with Gasteiger partial charge in [-0.2, -0.15) is 0 Å². The molecule has 0 N–H and O–H groups in total. The first-order valence-electron chi connectivity index (χ1n) is 9.32. The van der Waals surface area contributed by atoms with Gasteiger partial charge < -0.3 is 0 Å². The van der Waals surface area contributed by atoms with Crippen molar-refractivity contribution < 1.29 is 0 Å². The molecule has 0 heterocycles. The summed E-state index contributed by atoms with van der Waals surface area (Å²) in [7, 11) is 0. The first-order chi connectivity index (χ1) is 10.0. The maximum Gasteiger partial charge on any atom is -0.0348 e. The van der Waals surface area contributed by atoms with Gasteiger partial charge in [-0.25, -0.2) is 0 Å². The van der Waals surface area contributed by atoms with Crippen molar-refractivity contribution in [3.05, 3.63) is 24.3 Å². The Bertz CT molecular complexity index is 210. The Morgan fingerprint density at radius 3 is 0.850 bits per heavy atom. The lowest BCUT2D eigenvalue weighted by molar-refractivity contribution is 0.534. The molecule has 0 unspecified atom stereocenters. The van der Waals surface area contributed by atoms with E-state index in [4.69, 9.17) is 0 Å². The molecule has 116 valence electrons. The third-order valence-electron chi connectivity index (χ3n) is 4.37. The van der Waals surface area contributed by atoms with Crippen molar-refractivity contribution in [1.29, 1.82) is 0 Å². The lowest BCUT2D eigenvalue weighted by atomic mass is 10.0. The van der Waals surface area contributed by atoms with Gasteiger partial charge in [-0.1, -0.05) is 101 Å². The molecule has 0 saturated carbocycles. The zero-order chi connectivity index (χ0) is 14.1. The molecule has 0 aromatic heterocycles. The summed E-state index contributed by atoms with van der Waals surface area (Å²) in [5.74, 6) is 0. The Hall–Kier alpha value is -0.520. The van der Waals surface area contributed by atoms with Crippen molar-refractivity contribution in [2.45, 2.75) is 103 Å². The van der Waals surface area contributed by atoms with E-state index in [1.54, 1.807) is 0 Å². The maximum atomic E-state index is 2.34. The quantitative estimate of drug-likeness (QED) is 0.433. The van der Waals surface area contributed by atoms with Gasteiger partial charge in [-0.3, -0.25) is 0 Å². The standard InChI is InChI=1S/C20H36/c1-2-4-6-8-10-12-14-16-18-20-19-17-15-13-11-9-7-5-3-1/h1-4H,5-20H2/b3-1-,4-2-. The average molecular weight is 277 g/mol. The van der Waals surface area contributed by atoms with Gasteiger partial charge in [-0.05, 0) is 25.7 Å². The van der Waals surface area contributed by atoms with Crippen molar-refractivity contribution in [3.63, 3.8) is 0 Å². The summed E-state index contributed by atoms with van der Waals surface area (Å²) in [4.78, 5) is 0. The first kappa shape index (κ1) is 17.5. The van der Waals surface area contributed by atoms with Crippen molar-refractivity contribution in [1.82, 2.24) is 0 Å². The second kappa shape index (κ2) is 14.9. The first-order valence-corrected chi connectivity index (χ1v) is 9.32. The fraction of sp³-hybridized carbons (Fsp3) is 0.800. The Morgan fingerprint density at radius 2 is 0.550 bits per heavy atom. The summed E-state index contributed by atoms with van der Waals surface area (Å²) in [6.07, 6.45) is 32.0. The van der Waals surface area contributed by atoms with Crippen LogP contribution in [0.5, 0.6) is 0 Å². The Kier molecular flexibility index (Phi) is 13.0. The van der Waals surface area contributed by atoms with Gasteiger partial charge in [-0.15, -0.1) is 0 Å². The number of rotatable bonds is 0. The van der Waals surface area contributed by atoms with Crippen LogP contribution in [0.25, 0.3) is 0 Å². The topological polar surface area (TPSA) is 0 Å². The Balaban J connectivity index is 2.12. The summed E-state index contributed by atoms with van der Waals surface area (Å²) < 4.78 is 0. The van der Waals surface area contributed by atoms with E-state index in [2.05, 4.69) is 24.3 Å². The molecule has 0 heteroatoms. The van der Waals surface area contributed by atoms with Crippen LogP contribution >= 0.6 is 0 Å². The summed E-state index contributed by atoms with van der Waals surface area (Å²) in [6.45, 7) is 0. The largest absolute Gasteiger partial charge is 0.0845 e. The SMILES string of the molecule is C1=C\CCCCCCCCCCCCCCCC\C=C/1. The van der Waals surface area contributed by atoms with E-state index in [-0.39, 0.29) is 0 Å². The van der Waals surface area contributed by atoms with Gasteiger partial charge in [0.15, 0.2) is 0 Å². The van der Waals surface area contributed by atoms with Crippen LogP contribution in [0, 0.1) is 0 Å². The molecule has 1 aliphatic rings. The van der Waals surface area contributed by atoms with Gasteiger partial charge in [0.25, 0.3) is 0 Å². The molecule has 0 radical (unpaired) electrons. The van der Waals surface area contributed by atoms with Gasteiger partial charge >= 0.3 is 0 Å². The van der Waals surface area contributed by atoms with E-state index >= 15 is 0 Å². The van der Waals surface area contributed by atoms with Crippen LogP contribution in [-0.4, -0.2) is 0 Å². The van der Waals surface area contributed by atoms with Crippen LogP contribution in [0.2, 0.25) is 0 Å². The van der Waals surface area contributed by atoms with Crippen LogP contribution in [-0.2, 0) is 0 Å². The highest BCUT2D eigenvalue weighted by molar-refractivity contribution is 5.02. The summed E-state index contributed by atoms with van der Waals surface area (Å²) in [5, 5.41) is 0. The normalized spacial score (nSPS) is 25.6. The second-order valence-corrected chi connectivity index (χ2v) is 6.38. The predicted octanol–water partition coefficient (Wildman–Crippen LogP) is 7.35. The van der Waals surface area contributed by atoms with E-state index in [1.165, 1.54) is 103 Å². The molecule has 0 saturated heterocycles. The van der Waals surface area contributed by atoms with Crippen molar-refractivity contribution in [3.8, 4) is 0 Å². The third-order valence-corrected chi connectivity index (χ3v) is 4.37. The lowest BCUT2D eigenvalue weighted by Gasteiger charge is -2.03. The maximum absolute atomic E-state index is 2.34. The van der Waals surface area contributed by atoms with E-state index in [9.17, 15) is 0 Å². The smallest absolute Gasteiger partial charge is 0.0348 e. The van der Waals surface area contributed by atoms with E-state index in [1.807, 2.05) is 0 Å². The van der Waals surface area contributed by atoms with Crippen LogP contribution < -0.4 is 0 Å². The highest BCUT2D eigenvalue weighted by Crippen LogP contribution is 2.14. The minimum Gasteiger partial charge on any atom is -0.0845 e. The minimum atomic E-state index is 1.27. The summed E-state index contributed by atoms with van der Waals surface area (Å²) >= 11 is 0. The molecular formula is C20H36. The summed E-state index contributed by atoms with van der Waals surface area (Å²) in [6, 6.07) is 0. The molecule has 0 amide bonds. The molecule has 0 nitrogen and oxygen atoms in total. The van der Waals surface area contributed by atoms with E-state index < -0.39 is 0 Å². The molecule has 0 fully saturated rings. The summed E-state index contributed by atoms with van der Waals surface area (Å²) in [5.41, 5.74) is 0. The highest BCUT2D eigenvalue weighted by atomic mass is 14.0. The van der Waals surface area contributed by atoms with Crippen LogP contribution in [0.15, 0.2) is 24.3 Å². The zero-order valence-electron chi connectivity index (χ0n) is 13.6. The molecule has 1 rings (SSSR count). The van der Waals surface area contributed by atoms with Crippen LogP contribution in [0.3, 0.4) is 0 Å². The molecule has 0 bridgehead atoms. The Morgan fingerprint density at radius 1 is 0.300 bits per heavy atom. The highest BCUT2D eigenvalue weighted by Gasteiger charge is 1.94. The molecular weight excluding hydrogens is 240 g/mol. The molecule has 0 aliphatic heterocycles. The molecule has 1 aliphatic carbocycles. The number of hydrogen-bond donors (Lipinski definition) is 0. The number of allylic oxidation sites excluding steroid dienone is 4. The van der Waals surface area contributed by atoms with Gasteiger partial charge in [0.1, 0.15) is 0 Å². The van der Waals surface area contributed by atoms with Gasteiger partial charge in [0, 0.05) is 0 Å². The van der Waals surface area contributed by atoms with E-state index in [0.717, 1.165) is 0 Å². The Labute approximate surface area is 127 Å². The minimum absolute atomic E-state index is 1.27. The van der Waals surface area contributed by atoms with E-state index in [0.29, 0.717) is 0 Å². The zero-order valence-corrected chi connectivity index (χ0v) is 13.6. The monoisotopic (exact) mass is 276 g/mol. The van der Waals surface area contributed by atoms with Gasteiger partial charge in [0.2, 0.25) is 0 Å².